The van der Waals surface area contributed by atoms with E-state index in [0.717, 1.165) is 35.5 Å². The van der Waals surface area contributed by atoms with Crippen LogP contribution in [0.3, 0.4) is 0 Å². The molecule has 0 spiro atoms. The van der Waals surface area contributed by atoms with E-state index in [0.29, 0.717) is 12.3 Å². The quantitative estimate of drug-likeness (QED) is 0.782. The molecule has 3 N–H and O–H groups in total. The Morgan fingerprint density at radius 3 is 2.88 bits per heavy atom. The van der Waals surface area contributed by atoms with E-state index in [-0.39, 0.29) is 12.1 Å². The number of aliphatic hydroxyl groups is 1. The molecule has 2 unspecified atom stereocenters. The van der Waals surface area contributed by atoms with Crippen LogP contribution in [0.15, 0.2) is 30.5 Å². The minimum Gasteiger partial charge on any atom is -0.390 e. The van der Waals surface area contributed by atoms with Gasteiger partial charge in [0, 0.05) is 13.0 Å². The first-order chi connectivity index (χ1) is 12.0. The molecule has 3 rings (SSSR count). The second kappa shape index (κ2) is 7.27. The summed E-state index contributed by atoms with van der Waals surface area (Å²) in [4.78, 5) is 12.5. The molecule has 1 aliphatic carbocycles. The number of carbonyl (C=O) groups excluding carboxylic acids is 1. The molecule has 2 atom stereocenters. The predicted octanol–water partition coefficient (Wildman–Crippen LogP) is 2.88. The summed E-state index contributed by atoms with van der Waals surface area (Å²) < 4.78 is 1.94. The lowest BCUT2D eigenvalue weighted by atomic mass is 10.1. The van der Waals surface area contributed by atoms with Gasteiger partial charge in [-0.2, -0.15) is 5.10 Å². The molecule has 1 aromatic carbocycles. The van der Waals surface area contributed by atoms with Crippen molar-refractivity contribution in [2.45, 2.75) is 52.3 Å². The third-order valence-corrected chi connectivity index (χ3v) is 4.56. The summed E-state index contributed by atoms with van der Waals surface area (Å²) in [5.74, 6) is 0.483. The molecule has 134 valence electrons. The van der Waals surface area contributed by atoms with Gasteiger partial charge in [-0.1, -0.05) is 45.0 Å². The summed E-state index contributed by atoms with van der Waals surface area (Å²) in [6.45, 7) is 7.15. The van der Waals surface area contributed by atoms with E-state index in [1.54, 1.807) is 6.20 Å². The molecular weight excluding hydrogens is 316 g/mol. The Morgan fingerprint density at radius 1 is 1.40 bits per heavy atom. The molecule has 0 saturated heterocycles. The van der Waals surface area contributed by atoms with Crippen LogP contribution in [0.25, 0.3) is 0 Å². The van der Waals surface area contributed by atoms with E-state index in [9.17, 15) is 9.90 Å². The van der Waals surface area contributed by atoms with Crippen LogP contribution in [0.4, 0.5) is 10.5 Å². The number of rotatable bonds is 5. The van der Waals surface area contributed by atoms with Gasteiger partial charge in [-0.3, -0.25) is 4.68 Å². The molecule has 6 heteroatoms. The molecule has 0 radical (unpaired) electrons. The highest BCUT2D eigenvalue weighted by Gasteiger charge is 2.32. The number of anilines is 1. The molecular formula is C19H26N4O2. The lowest BCUT2D eigenvalue weighted by Crippen LogP contribution is -2.37. The van der Waals surface area contributed by atoms with Crippen LogP contribution in [0.2, 0.25) is 0 Å². The molecule has 1 aromatic heterocycles. The Kier molecular flexibility index (Phi) is 5.08. The standard InChI is InChI=1S/C19H26N4O2/c1-4-16-15(10-20-23(16)11-12(2)3)21-19(25)22-18-14-8-6-5-7-13(14)9-17(18)24/h5-8,10,12,17-18,24H,4,9,11H2,1-3H3,(H2,21,22,25). The summed E-state index contributed by atoms with van der Waals surface area (Å²) in [5, 5.41) is 20.4. The lowest BCUT2D eigenvalue weighted by molar-refractivity contribution is 0.144. The highest BCUT2D eigenvalue weighted by atomic mass is 16.3. The van der Waals surface area contributed by atoms with Crippen LogP contribution >= 0.6 is 0 Å². The second-order valence-corrected chi connectivity index (χ2v) is 6.98. The second-order valence-electron chi connectivity index (χ2n) is 6.98. The maximum atomic E-state index is 12.5. The van der Waals surface area contributed by atoms with Gasteiger partial charge < -0.3 is 15.7 Å². The Labute approximate surface area is 148 Å². The van der Waals surface area contributed by atoms with Crippen molar-refractivity contribution < 1.29 is 9.90 Å². The van der Waals surface area contributed by atoms with Crippen LogP contribution in [-0.4, -0.2) is 27.0 Å². The smallest absolute Gasteiger partial charge is 0.319 e. The third kappa shape index (κ3) is 3.69. The van der Waals surface area contributed by atoms with E-state index in [2.05, 4.69) is 29.6 Å². The topological polar surface area (TPSA) is 79.2 Å². The zero-order valence-electron chi connectivity index (χ0n) is 15.0. The van der Waals surface area contributed by atoms with Gasteiger partial charge in [0.2, 0.25) is 0 Å². The van der Waals surface area contributed by atoms with Crippen LogP contribution in [-0.2, 0) is 19.4 Å². The van der Waals surface area contributed by atoms with Crippen LogP contribution in [0.5, 0.6) is 0 Å². The Balaban J connectivity index is 1.70. The van der Waals surface area contributed by atoms with Gasteiger partial charge in [-0.25, -0.2) is 4.79 Å². The van der Waals surface area contributed by atoms with Gasteiger partial charge in [-0.05, 0) is 23.5 Å². The number of carbonyl (C=O) groups is 1. The van der Waals surface area contributed by atoms with Crippen molar-refractivity contribution in [1.82, 2.24) is 15.1 Å². The summed E-state index contributed by atoms with van der Waals surface area (Å²) in [7, 11) is 0. The molecule has 25 heavy (non-hydrogen) atoms. The van der Waals surface area contributed by atoms with Crippen molar-refractivity contribution >= 4 is 11.7 Å². The van der Waals surface area contributed by atoms with Gasteiger partial charge in [0.1, 0.15) is 0 Å². The van der Waals surface area contributed by atoms with Crippen molar-refractivity contribution in [1.29, 1.82) is 0 Å². The number of hydrogen-bond acceptors (Lipinski definition) is 3. The highest BCUT2D eigenvalue weighted by Crippen LogP contribution is 2.31. The third-order valence-electron chi connectivity index (χ3n) is 4.56. The fourth-order valence-corrected chi connectivity index (χ4v) is 3.44. The van der Waals surface area contributed by atoms with E-state index in [1.165, 1.54) is 0 Å². The van der Waals surface area contributed by atoms with E-state index in [4.69, 9.17) is 0 Å². The van der Waals surface area contributed by atoms with Crippen molar-refractivity contribution in [2.75, 3.05) is 5.32 Å². The number of hydrogen-bond donors (Lipinski definition) is 3. The summed E-state index contributed by atoms with van der Waals surface area (Å²) >= 11 is 0. The molecule has 0 aliphatic heterocycles. The average molecular weight is 342 g/mol. The fourth-order valence-electron chi connectivity index (χ4n) is 3.44. The van der Waals surface area contributed by atoms with Crippen LogP contribution in [0, 0.1) is 5.92 Å². The monoisotopic (exact) mass is 342 g/mol. The van der Waals surface area contributed by atoms with Crippen molar-refractivity contribution in [3.8, 4) is 0 Å². The molecule has 0 saturated carbocycles. The fraction of sp³-hybridized carbons (Fsp3) is 0.474. The molecule has 0 fully saturated rings. The number of benzene rings is 1. The number of urea groups is 1. The van der Waals surface area contributed by atoms with Crippen molar-refractivity contribution in [2.24, 2.45) is 5.92 Å². The number of fused-ring (bicyclic) bond motifs is 1. The predicted molar refractivity (Wildman–Crippen MR) is 97.5 cm³/mol. The highest BCUT2D eigenvalue weighted by molar-refractivity contribution is 5.90. The van der Waals surface area contributed by atoms with Gasteiger partial charge in [0.15, 0.2) is 0 Å². The number of aromatic nitrogens is 2. The Hall–Kier alpha value is -2.34. The zero-order valence-corrected chi connectivity index (χ0v) is 15.0. The first-order valence-electron chi connectivity index (χ1n) is 8.87. The largest absolute Gasteiger partial charge is 0.390 e. The number of amides is 2. The number of aliphatic hydroxyl groups excluding tert-OH is 1. The van der Waals surface area contributed by atoms with Gasteiger partial charge >= 0.3 is 6.03 Å². The normalized spacial score (nSPS) is 19.1. The lowest BCUT2D eigenvalue weighted by Gasteiger charge is -2.18. The summed E-state index contributed by atoms with van der Waals surface area (Å²) in [6.07, 6.45) is 2.45. The molecule has 6 nitrogen and oxygen atoms in total. The van der Waals surface area contributed by atoms with E-state index < -0.39 is 6.10 Å². The van der Waals surface area contributed by atoms with Crippen molar-refractivity contribution in [3.63, 3.8) is 0 Å². The maximum absolute atomic E-state index is 12.5. The number of nitrogens with one attached hydrogen (secondary N) is 2. The van der Waals surface area contributed by atoms with E-state index in [1.807, 2.05) is 35.9 Å². The molecule has 1 aliphatic rings. The Bertz CT molecular complexity index is 754. The first kappa shape index (κ1) is 17.5. The average Bonchev–Trinajstić information content (AvgIpc) is 3.08. The Morgan fingerprint density at radius 2 is 2.16 bits per heavy atom. The first-order valence-corrected chi connectivity index (χ1v) is 8.87. The molecule has 0 bridgehead atoms. The molecule has 2 amide bonds. The van der Waals surface area contributed by atoms with Crippen LogP contribution in [0.1, 0.15) is 43.6 Å². The van der Waals surface area contributed by atoms with Gasteiger partial charge in [-0.15, -0.1) is 0 Å². The number of nitrogens with zero attached hydrogens (tertiary/aromatic N) is 2. The van der Waals surface area contributed by atoms with Gasteiger partial charge in [0.05, 0.1) is 29.7 Å². The van der Waals surface area contributed by atoms with Gasteiger partial charge in [0.25, 0.3) is 0 Å². The summed E-state index contributed by atoms with van der Waals surface area (Å²) in [6, 6.07) is 7.11. The van der Waals surface area contributed by atoms with Crippen LogP contribution < -0.4 is 10.6 Å². The summed E-state index contributed by atoms with van der Waals surface area (Å²) in [5.41, 5.74) is 3.80. The SMILES string of the molecule is CCc1c(NC(=O)NC2c3ccccc3CC2O)cnn1CC(C)C. The zero-order chi connectivity index (χ0) is 18.0. The minimum absolute atomic E-state index is 0.320. The minimum atomic E-state index is -0.600. The molecule has 1 heterocycles. The maximum Gasteiger partial charge on any atom is 0.319 e. The van der Waals surface area contributed by atoms with E-state index >= 15 is 0 Å². The van der Waals surface area contributed by atoms with Crippen molar-refractivity contribution in [3.05, 3.63) is 47.3 Å². The molecule has 2 aromatic rings.